The Morgan fingerprint density at radius 1 is 1.36 bits per heavy atom. The van der Waals surface area contributed by atoms with Gasteiger partial charge in [0, 0.05) is 6.08 Å². The van der Waals surface area contributed by atoms with Gasteiger partial charge in [-0.15, -0.1) is 0 Å². The van der Waals surface area contributed by atoms with Gasteiger partial charge in [-0.05, 0) is 13.0 Å². The van der Waals surface area contributed by atoms with Gasteiger partial charge in [-0.1, -0.05) is 6.58 Å². The average molecular weight is 198 g/mol. The van der Waals surface area contributed by atoms with Crippen LogP contribution in [0, 0.1) is 0 Å². The standard InChI is InChI=1S/C10H14O4/c1-5-8(13-3)6-9(14-4)7(2)10(11)12/h5-6H,1H2,2-4H3,(H,11,12)/b8-6+,9-7-. The van der Waals surface area contributed by atoms with E-state index >= 15 is 0 Å². The summed E-state index contributed by atoms with van der Waals surface area (Å²) in [6.07, 6.45) is 2.94. The Morgan fingerprint density at radius 3 is 2.21 bits per heavy atom. The van der Waals surface area contributed by atoms with Crippen molar-refractivity contribution in [2.45, 2.75) is 6.92 Å². The average Bonchev–Trinajstić information content (AvgIpc) is 2.19. The maximum atomic E-state index is 10.6. The number of ether oxygens (including phenoxy) is 2. The van der Waals surface area contributed by atoms with Gasteiger partial charge in [-0.2, -0.15) is 0 Å². The molecule has 0 aromatic carbocycles. The first-order chi connectivity index (χ1) is 6.56. The number of methoxy groups -OCH3 is 2. The SMILES string of the molecule is C=C/C(=C\C(OC)=C(/C)C(=O)O)OC. The molecule has 14 heavy (non-hydrogen) atoms. The topological polar surface area (TPSA) is 55.8 Å². The van der Waals surface area contributed by atoms with Crippen molar-refractivity contribution in [1.82, 2.24) is 0 Å². The van der Waals surface area contributed by atoms with Crippen LogP contribution in [0.15, 0.2) is 35.8 Å². The highest BCUT2D eigenvalue weighted by Gasteiger charge is 2.08. The predicted octanol–water partition coefficient (Wildman–Crippen LogP) is 1.71. The summed E-state index contributed by atoms with van der Waals surface area (Å²) in [5.74, 6) is -0.339. The molecule has 0 aliphatic carbocycles. The quantitative estimate of drug-likeness (QED) is 0.415. The number of carboxylic acids is 1. The normalized spacial score (nSPS) is 12.9. The fraction of sp³-hybridized carbons (Fsp3) is 0.300. The van der Waals surface area contributed by atoms with Crippen molar-refractivity contribution in [3.8, 4) is 0 Å². The number of aliphatic carboxylic acids is 1. The molecule has 4 nitrogen and oxygen atoms in total. The lowest BCUT2D eigenvalue weighted by Crippen LogP contribution is -2.02. The Morgan fingerprint density at radius 2 is 1.93 bits per heavy atom. The number of carboxylic acid groups (broad SMARTS) is 1. The minimum Gasteiger partial charge on any atom is -0.497 e. The number of carbonyl (C=O) groups is 1. The maximum absolute atomic E-state index is 10.6. The van der Waals surface area contributed by atoms with E-state index in [2.05, 4.69) is 6.58 Å². The molecule has 0 spiro atoms. The third-order valence-electron chi connectivity index (χ3n) is 1.62. The zero-order chi connectivity index (χ0) is 11.1. The van der Waals surface area contributed by atoms with Crippen LogP contribution in [0.1, 0.15) is 6.92 Å². The van der Waals surface area contributed by atoms with E-state index in [4.69, 9.17) is 14.6 Å². The van der Waals surface area contributed by atoms with Crippen molar-refractivity contribution < 1.29 is 19.4 Å². The fourth-order valence-corrected chi connectivity index (χ4v) is 0.756. The third kappa shape index (κ3) is 3.35. The first kappa shape index (κ1) is 12.3. The Kier molecular flexibility index (Phi) is 5.14. The van der Waals surface area contributed by atoms with Crippen LogP contribution in [0.3, 0.4) is 0 Å². The zero-order valence-electron chi connectivity index (χ0n) is 8.53. The van der Waals surface area contributed by atoms with Crippen LogP contribution in [0.25, 0.3) is 0 Å². The summed E-state index contributed by atoms with van der Waals surface area (Å²) < 4.78 is 9.80. The van der Waals surface area contributed by atoms with E-state index < -0.39 is 5.97 Å². The molecule has 1 N–H and O–H groups in total. The van der Waals surface area contributed by atoms with E-state index in [1.807, 2.05) is 0 Å². The van der Waals surface area contributed by atoms with Crippen LogP contribution < -0.4 is 0 Å². The fourth-order valence-electron chi connectivity index (χ4n) is 0.756. The molecule has 0 aromatic rings. The van der Waals surface area contributed by atoms with Crippen molar-refractivity contribution in [2.75, 3.05) is 14.2 Å². The van der Waals surface area contributed by atoms with Gasteiger partial charge in [0.2, 0.25) is 0 Å². The summed E-state index contributed by atoms with van der Waals surface area (Å²) in [6, 6.07) is 0. The van der Waals surface area contributed by atoms with Crippen LogP contribution in [-0.2, 0) is 14.3 Å². The molecule has 0 heterocycles. The molecule has 0 radical (unpaired) electrons. The molecule has 4 heteroatoms. The summed E-state index contributed by atoms with van der Waals surface area (Å²) in [5.41, 5.74) is 0.115. The highest BCUT2D eigenvalue weighted by Crippen LogP contribution is 2.10. The van der Waals surface area contributed by atoms with E-state index in [0.717, 1.165) is 0 Å². The van der Waals surface area contributed by atoms with Gasteiger partial charge in [-0.3, -0.25) is 0 Å². The van der Waals surface area contributed by atoms with E-state index in [0.29, 0.717) is 5.76 Å². The Balaban J connectivity index is 5.09. The van der Waals surface area contributed by atoms with Crippen molar-refractivity contribution in [1.29, 1.82) is 0 Å². The molecule has 0 aliphatic heterocycles. The molecule has 0 fully saturated rings. The predicted molar refractivity (Wildman–Crippen MR) is 52.6 cm³/mol. The summed E-state index contributed by atoms with van der Waals surface area (Å²) in [5, 5.41) is 8.71. The molecular formula is C10H14O4. The molecular weight excluding hydrogens is 184 g/mol. The molecule has 78 valence electrons. The van der Waals surface area contributed by atoms with Crippen LogP contribution in [0.4, 0.5) is 0 Å². The summed E-state index contributed by atoms with van der Waals surface area (Å²) in [4.78, 5) is 10.6. The molecule has 0 bridgehead atoms. The molecule has 0 aliphatic rings. The zero-order valence-corrected chi connectivity index (χ0v) is 8.53. The largest absolute Gasteiger partial charge is 0.497 e. The minimum absolute atomic E-state index is 0.115. The summed E-state index contributed by atoms with van der Waals surface area (Å²) in [6.45, 7) is 4.96. The Hall–Kier alpha value is -1.71. The number of hydrogen-bond acceptors (Lipinski definition) is 3. The Bertz CT molecular complexity index is 286. The molecule has 0 aromatic heterocycles. The van der Waals surface area contributed by atoms with Crippen LogP contribution in [-0.4, -0.2) is 25.3 Å². The minimum atomic E-state index is -1.03. The van der Waals surface area contributed by atoms with Gasteiger partial charge in [-0.25, -0.2) is 4.79 Å². The monoisotopic (exact) mass is 198 g/mol. The molecule has 0 saturated heterocycles. The van der Waals surface area contributed by atoms with Gasteiger partial charge >= 0.3 is 5.97 Å². The lowest BCUT2D eigenvalue weighted by molar-refractivity contribution is -0.132. The summed E-state index contributed by atoms with van der Waals surface area (Å²) in [7, 11) is 2.87. The van der Waals surface area contributed by atoms with Crippen LogP contribution in [0.2, 0.25) is 0 Å². The lowest BCUT2D eigenvalue weighted by Gasteiger charge is -2.05. The van der Waals surface area contributed by atoms with Crippen molar-refractivity contribution >= 4 is 5.97 Å². The van der Waals surface area contributed by atoms with E-state index in [1.165, 1.54) is 33.3 Å². The first-order valence-electron chi connectivity index (χ1n) is 3.93. The second-order valence-electron chi connectivity index (χ2n) is 2.45. The van der Waals surface area contributed by atoms with Crippen LogP contribution >= 0.6 is 0 Å². The van der Waals surface area contributed by atoms with Crippen molar-refractivity contribution in [3.05, 3.63) is 35.8 Å². The van der Waals surface area contributed by atoms with E-state index in [9.17, 15) is 4.79 Å². The van der Waals surface area contributed by atoms with Gasteiger partial charge in [0.05, 0.1) is 19.8 Å². The number of rotatable bonds is 5. The van der Waals surface area contributed by atoms with E-state index in [-0.39, 0.29) is 11.3 Å². The second kappa shape index (κ2) is 5.85. The number of allylic oxidation sites excluding steroid dienone is 2. The van der Waals surface area contributed by atoms with E-state index in [1.54, 1.807) is 0 Å². The maximum Gasteiger partial charge on any atom is 0.335 e. The Labute approximate surface area is 83.1 Å². The second-order valence-corrected chi connectivity index (χ2v) is 2.45. The highest BCUT2D eigenvalue weighted by molar-refractivity contribution is 5.87. The smallest absolute Gasteiger partial charge is 0.335 e. The molecule has 0 unspecified atom stereocenters. The molecule has 0 amide bonds. The van der Waals surface area contributed by atoms with Gasteiger partial charge in [0.25, 0.3) is 0 Å². The molecule has 0 rings (SSSR count). The van der Waals surface area contributed by atoms with Gasteiger partial charge in [0.1, 0.15) is 11.5 Å². The highest BCUT2D eigenvalue weighted by atomic mass is 16.5. The number of hydrogen-bond donors (Lipinski definition) is 1. The van der Waals surface area contributed by atoms with Crippen molar-refractivity contribution in [2.24, 2.45) is 0 Å². The summed E-state index contributed by atoms with van der Waals surface area (Å²) >= 11 is 0. The van der Waals surface area contributed by atoms with Crippen molar-refractivity contribution in [3.63, 3.8) is 0 Å². The lowest BCUT2D eigenvalue weighted by atomic mass is 10.2. The van der Waals surface area contributed by atoms with Crippen LogP contribution in [0.5, 0.6) is 0 Å². The third-order valence-corrected chi connectivity index (χ3v) is 1.62. The van der Waals surface area contributed by atoms with Gasteiger partial charge < -0.3 is 14.6 Å². The molecule has 0 atom stereocenters. The molecule has 0 saturated carbocycles. The van der Waals surface area contributed by atoms with Gasteiger partial charge in [0.15, 0.2) is 0 Å². The first-order valence-corrected chi connectivity index (χ1v) is 3.93.